The van der Waals surface area contributed by atoms with Crippen molar-refractivity contribution >= 4 is 17.3 Å². The highest BCUT2D eigenvalue weighted by atomic mass is 32.2. The lowest BCUT2D eigenvalue weighted by molar-refractivity contribution is -0.124. The largest absolute Gasteiger partial charge is 0.490 e. The van der Waals surface area contributed by atoms with Gasteiger partial charge in [-0.05, 0) is 56.0 Å². The van der Waals surface area contributed by atoms with Crippen molar-refractivity contribution in [3.8, 4) is 34.7 Å². The summed E-state index contributed by atoms with van der Waals surface area (Å²) >= 11 is -2.35. The van der Waals surface area contributed by atoms with E-state index in [0.29, 0.717) is 35.5 Å². The van der Waals surface area contributed by atoms with E-state index in [-0.39, 0.29) is 37.0 Å². The number of rotatable bonds is 9. The highest BCUT2D eigenvalue weighted by Gasteiger charge is 2.30. The van der Waals surface area contributed by atoms with Crippen molar-refractivity contribution in [2.75, 3.05) is 13.2 Å². The maximum atomic E-state index is 12.6. The first-order chi connectivity index (χ1) is 16.9. The third kappa shape index (κ3) is 5.74. The number of amides is 1. The van der Waals surface area contributed by atoms with Gasteiger partial charge in [0.15, 0.2) is 0 Å². The van der Waals surface area contributed by atoms with Crippen LogP contribution in [0.4, 0.5) is 0 Å². The molecule has 1 aromatic heterocycles. The van der Waals surface area contributed by atoms with E-state index in [4.69, 9.17) is 13.8 Å². The molecule has 1 aliphatic rings. The Kier molecular flexibility index (Phi) is 7.55. The Morgan fingerprint density at radius 2 is 2.17 bits per heavy atom. The van der Waals surface area contributed by atoms with Gasteiger partial charge in [-0.25, -0.2) is 0 Å². The number of nitrogens with one attached hydrogen (secondary N) is 1. The Labute approximate surface area is 204 Å². The van der Waals surface area contributed by atoms with Crippen molar-refractivity contribution < 1.29 is 27.0 Å². The number of nitriles is 1. The standard InChI is InChI=1S/C24H24N4O6S/c1-14(2)33-21-7-6-16(11-18(21)13-25)24-27-22(28-34-24)19-5-3-4-15-10-17(12-20(15)19)23(29)26-8-9-32-35(30)31/h3-7,11,14,17H,8-10,12H2,1-2H3,(H,26,29)(H,30,31). The van der Waals surface area contributed by atoms with Gasteiger partial charge in [0.1, 0.15) is 11.8 Å². The van der Waals surface area contributed by atoms with E-state index in [9.17, 15) is 14.3 Å². The molecule has 2 unspecified atom stereocenters. The third-order valence-corrected chi connectivity index (χ3v) is 5.89. The zero-order valence-corrected chi connectivity index (χ0v) is 20.0. The van der Waals surface area contributed by atoms with Gasteiger partial charge >= 0.3 is 11.4 Å². The third-order valence-electron chi connectivity index (χ3n) is 5.52. The molecule has 1 amide bonds. The van der Waals surface area contributed by atoms with Crippen molar-refractivity contribution in [1.29, 1.82) is 5.26 Å². The van der Waals surface area contributed by atoms with Crippen LogP contribution in [0.25, 0.3) is 22.8 Å². The van der Waals surface area contributed by atoms with E-state index in [1.807, 2.05) is 32.0 Å². The van der Waals surface area contributed by atoms with Gasteiger partial charge in [0.05, 0.1) is 18.3 Å². The van der Waals surface area contributed by atoms with E-state index in [0.717, 1.165) is 16.7 Å². The molecule has 0 saturated heterocycles. The van der Waals surface area contributed by atoms with E-state index >= 15 is 0 Å². The molecule has 3 aromatic rings. The molecular weight excluding hydrogens is 472 g/mol. The monoisotopic (exact) mass is 496 g/mol. The van der Waals surface area contributed by atoms with E-state index < -0.39 is 11.4 Å². The molecule has 0 radical (unpaired) electrons. The predicted molar refractivity (Wildman–Crippen MR) is 126 cm³/mol. The van der Waals surface area contributed by atoms with Gasteiger partial charge in [-0.1, -0.05) is 23.4 Å². The van der Waals surface area contributed by atoms with Crippen LogP contribution in [0.3, 0.4) is 0 Å². The van der Waals surface area contributed by atoms with Crippen LogP contribution in [-0.2, 0) is 33.2 Å². The zero-order valence-electron chi connectivity index (χ0n) is 19.2. The Balaban J connectivity index is 1.50. The number of ether oxygens (including phenoxy) is 1. The van der Waals surface area contributed by atoms with Crippen LogP contribution in [0.1, 0.15) is 30.5 Å². The average Bonchev–Trinajstić information content (AvgIpc) is 3.49. The quantitative estimate of drug-likeness (QED) is 0.337. The Bertz CT molecular complexity index is 1300. The summed E-state index contributed by atoms with van der Waals surface area (Å²) in [7, 11) is 0. The fourth-order valence-electron chi connectivity index (χ4n) is 4.03. The maximum Gasteiger partial charge on any atom is 0.301 e. The van der Waals surface area contributed by atoms with E-state index in [1.54, 1.807) is 18.2 Å². The molecule has 0 spiro atoms. The average molecular weight is 497 g/mol. The van der Waals surface area contributed by atoms with Gasteiger partial charge in [0.2, 0.25) is 11.7 Å². The highest BCUT2D eigenvalue weighted by molar-refractivity contribution is 7.74. The first-order valence-corrected chi connectivity index (χ1v) is 12.1. The lowest BCUT2D eigenvalue weighted by Crippen LogP contribution is -2.33. The molecule has 2 aromatic carbocycles. The summed E-state index contributed by atoms with van der Waals surface area (Å²) in [5.74, 6) is 0.744. The van der Waals surface area contributed by atoms with Gasteiger partial charge in [-0.2, -0.15) is 14.5 Å². The van der Waals surface area contributed by atoms with Crippen LogP contribution < -0.4 is 10.1 Å². The van der Waals surface area contributed by atoms with Crippen LogP contribution in [0.5, 0.6) is 5.75 Å². The number of fused-ring (bicyclic) bond motifs is 1. The summed E-state index contributed by atoms with van der Waals surface area (Å²) in [5.41, 5.74) is 3.77. The van der Waals surface area contributed by atoms with Gasteiger partial charge in [-0.15, -0.1) is 0 Å². The number of hydrogen-bond acceptors (Lipinski definition) is 8. The zero-order chi connectivity index (χ0) is 24.9. The lowest BCUT2D eigenvalue weighted by atomic mass is 10.0. The number of carbonyl (C=O) groups is 1. The van der Waals surface area contributed by atoms with E-state index in [1.165, 1.54) is 0 Å². The van der Waals surface area contributed by atoms with Crippen molar-refractivity contribution in [1.82, 2.24) is 15.5 Å². The summed E-state index contributed by atoms with van der Waals surface area (Å²) in [4.78, 5) is 17.1. The summed E-state index contributed by atoms with van der Waals surface area (Å²) in [6.07, 6.45) is 1.01. The molecule has 2 atom stereocenters. The van der Waals surface area contributed by atoms with Crippen LogP contribution in [0.15, 0.2) is 40.9 Å². The fourth-order valence-corrected chi connectivity index (χ4v) is 4.26. The molecule has 11 heteroatoms. The molecule has 0 aliphatic heterocycles. The number of benzene rings is 2. The predicted octanol–water partition coefficient (Wildman–Crippen LogP) is 3.05. The van der Waals surface area contributed by atoms with Gasteiger partial charge in [0, 0.05) is 23.6 Å². The molecule has 1 aliphatic carbocycles. The first kappa shape index (κ1) is 24.5. The normalized spacial score (nSPS) is 15.5. The van der Waals surface area contributed by atoms with Crippen molar-refractivity contribution in [3.63, 3.8) is 0 Å². The summed E-state index contributed by atoms with van der Waals surface area (Å²) in [6, 6.07) is 13.0. The number of carbonyl (C=O) groups excluding carboxylic acids is 1. The molecule has 1 heterocycles. The second-order valence-corrected chi connectivity index (χ2v) is 8.96. The molecule has 35 heavy (non-hydrogen) atoms. The fraction of sp³-hybridized carbons (Fsp3) is 0.333. The van der Waals surface area contributed by atoms with Crippen molar-refractivity contribution in [2.45, 2.75) is 32.8 Å². The van der Waals surface area contributed by atoms with Gasteiger partial charge in [-0.3, -0.25) is 13.5 Å². The first-order valence-electron chi connectivity index (χ1n) is 11.0. The number of nitrogens with zero attached hydrogens (tertiary/aromatic N) is 3. The molecule has 10 nitrogen and oxygen atoms in total. The molecule has 0 fully saturated rings. The molecule has 182 valence electrons. The second kappa shape index (κ2) is 10.8. The Morgan fingerprint density at radius 1 is 1.34 bits per heavy atom. The molecule has 4 rings (SSSR count). The molecular formula is C24H24N4O6S. The van der Waals surface area contributed by atoms with Crippen LogP contribution in [-0.4, -0.2) is 44.1 Å². The second-order valence-electron chi connectivity index (χ2n) is 8.29. The van der Waals surface area contributed by atoms with Gasteiger partial charge in [0.25, 0.3) is 5.89 Å². The highest BCUT2D eigenvalue weighted by Crippen LogP contribution is 2.35. The summed E-state index contributed by atoms with van der Waals surface area (Å²) in [5, 5.41) is 16.4. The van der Waals surface area contributed by atoms with Crippen molar-refractivity contribution in [3.05, 3.63) is 53.1 Å². The summed E-state index contributed by atoms with van der Waals surface area (Å²) < 4.78 is 34.9. The molecule has 0 saturated carbocycles. The minimum atomic E-state index is -2.35. The van der Waals surface area contributed by atoms with Crippen LogP contribution in [0, 0.1) is 17.2 Å². The maximum absolute atomic E-state index is 12.6. The SMILES string of the molecule is CC(C)Oc1ccc(-c2nc(-c3cccc4c3CC(C(=O)NCCOS(=O)O)C4)no2)cc1C#N. The number of aromatic nitrogens is 2. The molecule has 2 N–H and O–H groups in total. The van der Waals surface area contributed by atoms with Crippen molar-refractivity contribution in [2.24, 2.45) is 5.92 Å². The minimum absolute atomic E-state index is 0.0521. The lowest BCUT2D eigenvalue weighted by Gasteiger charge is -2.11. The van der Waals surface area contributed by atoms with Crippen LogP contribution in [0.2, 0.25) is 0 Å². The summed E-state index contributed by atoms with van der Waals surface area (Å²) in [6.45, 7) is 3.87. The minimum Gasteiger partial charge on any atom is -0.490 e. The topological polar surface area (TPSA) is 148 Å². The van der Waals surface area contributed by atoms with Crippen LogP contribution >= 0.6 is 0 Å². The van der Waals surface area contributed by atoms with Gasteiger partial charge < -0.3 is 14.6 Å². The van der Waals surface area contributed by atoms with E-state index in [2.05, 4.69) is 25.7 Å². The number of hydrogen-bond donors (Lipinski definition) is 2. The molecule has 0 bridgehead atoms. The Hall–Kier alpha value is -3.59. The smallest absolute Gasteiger partial charge is 0.301 e. The Morgan fingerprint density at radius 3 is 2.91 bits per heavy atom.